The van der Waals surface area contributed by atoms with Crippen LogP contribution in [0.25, 0.3) is 10.9 Å². The lowest BCUT2D eigenvalue weighted by Crippen LogP contribution is -2.49. The first-order chi connectivity index (χ1) is 14.0. The molecule has 1 aliphatic heterocycles. The summed E-state index contributed by atoms with van der Waals surface area (Å²) in [5.41, 5.74) is 1.52. The number of fused-ring (bicyclic) bond motifs is 1. The Labute approximate surface area is 170 Å². The summed E-state index contributed by atoms with van der Waals surface area (Å²) in [4.78, 5) is 19.8. The average Bonchev–Trinajstić information content (AvgIpc) is 3.17. The van der Waals surface area contributed by atoms with E-state index in [0.717, 1.165) is 10.9 Å². The molecule has 1 aliphatic rings. The number of rotatable bonds is 6. The van der Waals surface area contributed by atoms with E-state index in [4.69, 9.17) is 4.18 Å². The lowest BCUT2D eigenvalue weighted by Gasteiger charge is -2.34. The molecule has 1 saturated heterocycles. The van der Waals surface area contributed by atoms with Crippen molar-refractivity contribution < 1.29 is 17.4 Å². The Morgan fingerprint density at radius 3 is 2.38 bits per heavy atom. The molecule has 1 N–H and O–H groups in total. The summed E-state index contributed by atoms with van der Waals surface area (Å²) in [6.07, 6.45) is 0. The number of H-pyrrole nitrogens is 1. The van der Waals surface area contributed by atoms with E-state index in [0.29, 0.717) is 44.2 Å². The highest BCUT2D eigenvalue weighted by Gasteiger charge is 2.24. The van der Waals surface area contributed by atoms with Crippen molar-refractivity contribution in [2.45, 2.75) is 0 Å². The minimum Gasteiger partial charge on any atom is -0.382 e. The number of aromatic nitrogens is 1. The Morgan fingerprint density at radius 1 is 0.966 bits per heavy atom. The number of hydrogen-bond donors (Lipinski definition) is 1. The smallest absolute Gasteiger partial charge is 0.310 e. The molecule has 152 valence electrons. The Kier molecular flexibility index (Phi) is 5.55. The molecule has 1 fully saturated rings. The van der Waals surface area contributed by atoms with Gasteiger partial charge in [-0.25, -0.2) is 0 Å². The number of benzene rings is 2. The maximum absolute atomic E-state index is 12.8. The molecule has 1 amide bonds. The fraction of sp³-hybridized carbons (Fsp3) is 0.286. The van der Waals surface area contributed by atoms with Crippen LogP contribution in [0.1, 0.15) is 10.5 Å². The average molecular weight is 413 g/mol. The first kappa shape index (κ1) is 19.5. The van der Waals surface area contributed by atoms with Crippen LogP contribution in [0.2, 0.25) is 0 Å². The van der Waals surface area contributed by atoms with E-state index < -0.39 is 10.1 Å². The molecule has 0 saturated carbocycles. The topological polar surface area (TPSA) is 82.7 Å². The van der Waals surface area contributed by atoms with Crippen LogP contribution < -0.4 is 4.18 Å². The largest absolute Gasteiger partial charge is 0.382 e. The molecule has 1 aromatic heterocycles. The zero-order chi connectivity index (χ0) is 20.3. The number of para-hydroxylation sites is 2. The monoisotopic (exact) mass is 413 g/mol. The van der Waals surface area contributed by atoms with Crippen LogP contribution in [0, 0.1) is 0 Å². The lowest BCUT2D eigenvalue weighted by molar-refractivity contribution is 0.0638. The van der Waals surface area contributed by atoms with E-state index >= 15 is 0 Å². The standard InChI is InChI=1S/C21H23N3O4S/c25-21(20-16-17-6-4-5-9-19(17)22-20)24-12-10-23(11-13-24)14-15-29(26,27)28-18-7-2-1-3-8-18/h1-9,16,22H,10-15H2. The van der Waals surface area contributed by atoms with Gasteiger partial charge in [0.1, 0.15) is 11.4 Å². The first-order valence-corrected chi connectivity index (χ1v) is 11.1. The van der Waals surface area contributed by atoms with Crippen LogP contribution in [-0.2, 0) is 10.1 Å². The molecule has 0 spiro atoms. The number of nitrogens with one attached hydrogen (secondary N) is 1. The molecule has 7 nitrogen and oxygen atoms in total. The highest BCUT2D eigenvalue weighted by molar-refractivity contribution is 7.87. The molecule has 2 heterocycles. The molecule has 0 atom stereocenters. The predicted octanol–water partition coefficient (Wildman–Crippen LogP) is 2.33. The van der Waals surface area contributed by atoms with Crippen molar-refractivity contribution in [2.24, 2.45) is 0 Å². The van der Waals surface area contributed by atoms with Crippen molar-refractivity contribution in [1.82, 2.24) is 14.8 Å². The van der Waals surface area contributed by atoms with Gasteiger partial charge in [-0.05, 0) is 24.3 Å². The summed E-state index contributed by atoms with van der Waals surface area (Å²) in [6.45, 7) is 2.77. The highest BCUT2D eigenvalue weighted by Crippen LogP contribution is 2.17. The molecule has 0 radical (unpaired) electrons. The number of amides is 1. The number of hydrogen-bond acceptors (Lipinski definition) is 5. The second kappa shape index (κ2) is 8.26. The molecule has 2 aromatic carbocycles. The molecule has 0 bridgehead atoms. The van der Waals surface area contributed by atoms with Crippen LogP contribution in [0.15, 0.2) is 60.7 Å². The minimum absolute atomic E-state index is 0.0270. The van der Waals surface area contributed by atoms with Crippen LogP contribution in [-0.4, -0.2) is 67.6 Å². The first-order valence-electron chi connectivity index (χ1n) is 9.57. The van der Waals surface area contributed by atoms with Crippen LogP contribution in [0.5, 0.6) is 5.75 Å². The van der Waals surface area contributed by atoms with Gasteiger partial charge >= 0.3 is 10.1 Å². The number of nitrogens with zero attached hydrogens (tertiary/aromatic N) is 2. The van der Waals surface area contributed by atoms with Crippen molar-refractivity contribution in [2.75, 3.05) is 38.5 Å². The van der Waals surface area contributed by atoms with Gasteiger partial charge in [0.2, 0.25) is 0 Å². The van der Waals surface area contributed by atoms with E-state index in [2.05, 4.69) is 4.98 Å². The second-order valence-electron chi connectivity index (χ2n) is 7.06. The normalized spacial score (nSPS) is 15.5. The van der Waals surface area contributed by atoms with E-state index in [-0.39, 0.29) is 11.7 Å². The van der Waals surface area contributed by atoms with Gasteiger partial charge in [0.15, 0.2) is 0 Å². The Morgan fingerprint density at radius 2 is 1.66 bits per heavy atom. The summed E-state index contributed by atoms with van der Waals surface area (Å²) >= 11 is 0. The number of piperazine rings is 1. The number of aromatic amines is 1. The summed E-state index contributed by atoms with van der Waals surface area (Å²) in [7, 11) is -3.65. The van der Waals surface area contributed by atoms with Crippen molar-refractivity contribution in [3.63, 3.8) is 0 Å². The molecule has 4 rings (SSSR count). The van der Waals surface area contributed by atoms with Gasteiger partial charge in [-0.15, -0.1) is 0 Å². The molecule has 8 heteroatoms. The van der Waals surface area contributed by atoms with E-state index in [1.165, 1.54) is 0 Å². The summed E-state index contributed by atoms with van der Waals surface area (Å²) < 4.78 is 29.5. The quantitative estimate of drug-likeness (QED) is 0.627. The Hall–Kier alpha value is -2.84. The van der Waals surface area contributed by atoms with Crippen molar-refractivity contribution >= 4 is 26.9 Å². The summed E-state index contributed by atoms with van der Waals surface area (Å²) in [6, 6.07) is 18.2. The van der Waals surface area contributed by atoms with Gasteiger partial charge in [0, 0.05) is 43.6 Å². The fourth-order valence-electron chi connectivity index (χ4n) is 3.44. The second-order valence-corrected chi connectivity index (χ2v) is 8.75. The Bertz CT molecular complexity index is 1050. The van der Waals surface area contributed by atoms with Gasteiger partial charge < -0.3 is 14.1 Å². The zero-order valence-electron chi connectivity index (χ0n) is 16.0. The molecule has 3 aromatic rings. The highest BCUT2D eigenvalue weighted by atomic mass is 32.2. The molecule has 0 aliphatic carbocycles. The molecule has 0 unspecified atom stereocenters. The Balaban J connectivity index is 1.28. The van der Waals surface area contributed by atoms with E-state index in [9.17, 15) is 13.2 Å². The van der Waals surface area contributed by atoms with E-state index in [1.54, 1.807) is 35.2 Å². The van der Waals surface area contributed by atoms with Gasteiger partial charge in [0.05, 0.1) is 5.75 Å². The van der Waals surface area contributed by atoms with Crippen LogP contribution in [0.3, 0.4) is 0 Å². The minimum atomic E-state index is -3.65. The maximum Gasteiger partial charge on any atom is 0.310 e. The van der Waals surface area contributed by atoms with Gasteiger partial charge in [-0.1, -0.05) is 36.4 Å². The third kappa shape index (κ3) is 4.78. The van der Waals surface area contributed by atoms with Crippen LogP contribution in [0.4, 0.5) is 0 Å². The predicted molar refractivity (Wildman–Crippen MR) is 111 cm³/mol. The van der Waals surface area contributed by atoms with Crippen LogP contribution >= 0.6 is 0 Å². The molecular formula is C21H23N3O4S. The van der Waals surface area contributed by atoms with Gasteiger partial charge in [0.25, 0.3) is 5.91 Å². The third-order valence-electron chi connectivity index (χ3n) is 5.04. The summed E-state index contributed by atoms with van der Waals surface area (Å²) in [5, 5.41) is 1.01. The van der Waals surface area contributed by atoms with Crippen molar-refractivity contribution in [3.8, 4) is 5.75 Å². The zero-order valence-corrected chi connectivity index (χ0v) is 16.8. The third-order valence-corrected chi connectivity index (χ3v) is 6.17. The van der Waals surface area contributed by atoms with Crippen molar-refractivity contribution in [1.29, 1.82) is 0 Å². The van der Waals surface area contributed by atoms with Crippen molar-refractivity contribution in [3.05, 3.63) is 66.4 Å². The molecule has 29 heavy (non-hydrogen) atoms. The number of carbonyl (C=O) groups excluding carboxylic acids is 1. The number of carbonyl (C=O) groups is 1. The fourth-order valence-corrected chi connectivity index (χ4v) is 4.41. The summed E-state index contributed by atoms with van der Waals surface area (Å²) in [5.74, 6) is 0.208. The molecular weight excluding hydrogens is 390 g/mol. The van der Waals surface area contributed by atoms with E-state index in [1.807, 2.05) is 35.2 Å². The SMILES string of the molecule is O=C(c1cc2ccccc2[nH]1)N1CCN(CCS(=O)(=O)Oc2ccccc2)CC1. The van der Waals surface area contributed by atoms with Gasteiger partial charge in [-0.3, -0.25) is 9.69 Å². The van der Waals surface area contributed by atoms with Gasteiger partial charge in [-0.2, -0.15) is 8.42 Å². The maximum atomic E-state index is 12.8. The lowest BCUT2D eigenvalue weighted by atomic mass is 10.2.